The minimum absolute atomic E-state index is 0.123. The van der Waals surface area contributed by atoms with E-state index in [1.54, 1.807) is 12.0 Å². The van der Waals surface area contributed by atoms with Crippen LogP contribution in [0.25, 0.3) is 0 Å². The van der Waals surface area contributed by atoms with E-state index in [9.17, 15) is 9.59 Å². The number of amides is 2. The van der Waals surface area contributed by atoms with Gasteiger partial charge in [-0.05, 0) is 0 Å². The molecule has 1 fully saturated rings. The van der Waals surface area contributed by atoms with E-state index < -0.39 is 12.1 Å². The predicted octanol–water partition coefficient (Wildman–Crippen LogP) is -0.777. The van der Waals surface area contributed by atoms with Crippen molar-refractivity contribution in [3.63, 3.8) is 0 Å². The molecule has 0 saturated carbocycles. The molecule has 1 heterocycles. The summed E-state index contributed by atoms with van der Waals surface area (Å²) in [5.41, 5.74) is 0. The van der Waals surface area contributed by atoms with Crippen LogP contribution in [-0.2, 0) is 14.3 Å². The number of rotatable bonds is 7. The first-order chi connectivity index (χ1) is 9.58. The monoisotopic (exact) mass is 290 g/mol. The Morgan fingerprint density at radius 1 is 1.45 bits per heavy atom. The maximum Gasteiger partial charge on any atom is 0.320 e. The zero-order valence-corrected chi connectivity index (χ0v) is 11.7. The van der Waals surface area contributed by atoms with Crippen LogP contribution in [0.1, 0.15) is 6.42 Å². The van der Waals surface area contributed by atoms with E-state index in [0.29, 0.717) is 26.3 Å². The highest BCUT2D eigenvalue weighted by Crippen LogP contribution is 2.11. The van der Waals surface area contributed by atoms with Gasteiger partial charge in [-0.15, -0.1) is 0 Å². The standard InChI is InChI=1S/C12H22N2O6/c1-19-6-3-13(2-5-15)12(18)14-4-7-20-10(9-14)8-11(16)17/h10,15H,2-9H2,1H3,(H,16,17). The van der Waals surface area contributed by atoms with Crippen LogP contribution in [0.5, 0.6) is 0 Å². The van der Waals surface area contributed by atoms with Crippen LogP contribution < -0.4 is 0 Å². The van der Waals surface area contributed by atoms with E-state index in [0.717, 1.165) is 0 Å². The van der Waals surface area contributed by atoms with Crippen molar-refractivity contribution >= 4 is 12.0 Å². The molecule has 0 radical (unpaired) electrons. The normalized spacial score (nSPS) is 18.9. The molecule has 0 aromatic carbocycles. The molecule has 116 valence electrons. The van der Waals surface area contributed by atoms with Gasteiger partial charge in [-0.25, -0.2) is 4.79 Å². The summed E-state index contributed by atoms with van der Waals surface area (Å²) in [7, 11) is 1.54. The minimum Gasteiger partial charge on any atom is -0.481 e. The SMILES string of the molecule is COCCN(CCO)C(=O)N1CCOC(CC(=O)O)C1. The van der Waals surface area contributed by atoms with Crippen molar-refractivity contribution in [1.82, 2.24) is 9.80 Å². The van der Waals surface area contributed by atoms with Crippen molar-refractivity contribution in [3.05, 3.63) is 0 Å². The number of carbonyl (C=O) groups is 2. The van der Waals surface area contributed by atoms with Crippen molar-refractivity contribution < 1.29 is 29.3 Å². The quantitative estimate of drug-likeness (QED) is 0.638. The van der Waals surface area contributed by atoms with Crippen LogP contribution in [0.2, 0.25) is 0 Å². The lowest BCUT2D eigenvalue weighted by Crippen LogP contribution is -2.52. The molecule has 0 bridgehead atoms. The molecule has 0 spiro atoms. The second-order valence-electron chi connectivity index (χ2n) is 4.52. The number of ether oxygens (including phenoxy) is 2. The van der Waals surface area contributed by atoms with E-state index >= 15 is 0 Å². The van der Waals surface area contributed by atoms with Crippen molar-refractivity contribution in [2.24, 2.45) is 0 Å². The Hall–Kier alpha value is -1.38. The van der Waals surface area contributed by atoms with Gasteiger partial charge in [0.2, 0.25) is 0 Å². The molecule has 8 nitrogen and oxygen atoms in total. The summed E-state index contributed by atoms with van der Waals surface area (Å²) in [6.45, 7) is 1.86. The second-order valence-corrected chi connectivity index (χ2v) is 4.52. The number of carboxylic acid groups (broad SMARTS) is 1. The third kappa shape index (κ3) is 5.32. The second kappa shape index (κ2) is 8.72. The summed E-state index contributed by atoms with van der Waals surface area (Å²) in [5.74, 6) is -0.948. The smallest absolute Gasteiger partial charge is 0.320 e. The Balaban J connectivity index is 2.56. The fourth-order valence-corrected chi connectivity index (χ4v) is 2.04. The highest BCUT2D eigenvalue weighted by atomic mass is 16.5. The maximum atomic E-state index is 12.3. The number of urea groups is 1. The highest BCUT2D eigenvalue weighted by Gasteiger charge is 2.28. The summed E-state index contributed by atoms with van der Waals surface area (Å²) >= 11 is 0. The van der Waals surface area contributed by atoms with Crippen LogP contribution in [0.3, 0.4) is 0 Å². The van der Waals surface area contributed by atoms with Gasteiger partial charge in [-0.2, -0.15) is 0 Å². The van der Waals surface area contributed by atoms with Gasteiger partial charge in [0.25, 0.3) is 0 Å². The van der Waals surface area contributed by atoms with Crippen LogP contribution in [0.4, 0.5) is 4.79 Å². The number of methoxy groups -OCH3 is 1. The highest BCUT2D eigenvalue weighted by molar-refractivity contribution is 5.75. The number of morpholine rings is 1. The summed E-state index contributed by atoms with van der Waals surface area (Å²) < 4.78 is 10.3. The van der Waals surface area contributed by atoms with E-state index in [1.165, 1.54) is 4.90 Å². The minimum atomic E-state index is -0.948. The predicted molar refractivity (Wildman–Crippen MR) is 69.5 cm³/mol. The Bertz CT molecular complexity index is 325. The molecule has 8 heteroatoms. The van der Waals surface area contributed by atoms with Gasteiger partial charge >= 0.3 is 12.0 Å². The topological polar surface area (TPSA) is 99.5 Å². The van der Waals surface area contributed by atoms with E-state index in [-0.39, 0.29) is 32.1 Å². The number of aliphatic hydroxyl groups excluding tert-OH is 1. The molecule has 1 rings (SSSR count). The van der Waals surface area contributed by atoms with E-state index in [1.807, 2.05) is 0 Å². The molecule has 0 aromatic heterocycles. The van der Waals surface area contributed by atoms with Gasteiger partial charge in [0.15, 0.2) is 0 Å². The van der Waals surface area contributed by atoms with Gasteiger partial charge in [0.05, 0.1) is 32.3 Å². The molecule has 2 amide bonds. The molecule has 1 aliphatic heterocycles. The fraction of sp³-hybridized carbons (Fsp3) is 0.833. The molecule has 0 aromatic rings. The average molecular weight is 290 g/mol. The Morgan fingerprint density at radius 2 is 2.20 bits per heavy atom. The lowest BCUT2D eigenvalue weighted by atomic mass is 10.2. The number of hydrogen-bond donors (Lipinski definition) is 2. The molecule has 1 aliphatic rings. The summed E-state index contributed by atoms with van der Waals surface area (Å²) in [6, 6.07) is -0.227. The molecule has 2 N–H and O–H groups in total. The maximum absolute atomic E-state index is 12.3. The van der Waals surface area contributed by atoms with Crippen LogP contribution in [0.15, 0.2) is 0 Å². The van der Waals surface area contributed by atoms with Crippen molar-refractivity contribution in [3.8, 4) is 0 Å². The van der Waals surface area contributed by atoms with E-state index in [2.05, 4.69) is 0 Å². The van der Waals surface area contributed by atoms with Crippen LogP contribution >= 0.6 is 0 Å². The molecule has 0 aliphatic carbocycles. The van der Waals surface area contributed by atoms with Crippen molar-refractivity contribution in [2.75, 3.05) is 53.1 Å². The lowest BCUT2D eigenvalue weighted by Gasteiger charge is -2.36. The molecule has 1 unspecified atom stereocenters. The molecular weight excluding hydrogens is 268 g/mol. The van der Waals surface area contributed by atoms with Gasteiger partial charge in [0.1, 0.15) is 0 Å². The number of carboxylic acids is 1. The largest absolute Gasteiger partial charge is 0.481 e. The first-order valence-electron chi connectivity index (χ1n) is 6.55. The third-order valence-corrected chi connectivity index (χ3v) is 3.02. The fourth-order valence-electron chi connectivity index (χ4n) is 2.04. The molecule has 20 heavy (non-hydrogen) atoms. The summed E-state index contributed by atoms with van der Waals surface area (Å²) in [5, 5.41) is 17.8. The van der Waals surface area contributed by atoms with Crippen LogP contribution in [0, 0.1) is 0 Å². The Kier molecular flexibility index (Phi) is 7.27. The van der Waals surface area contributed by atoms with Gasteiger partial charge in [0, 0.05) is 33.3 Å². The first-order valence-corrected chi connectivity index (χ1v) is 6.55. The first kappa shape index (κ1) is 16.7. The Morgan fingerprint density at radius 3 is 2.80 bits per heavy atom. The van der Waals surface area contributed by atoms with Gasteiger partial charge < -0.3 is 29.5 Å². The molecule has 1 saturated heterocycles. The van der Waals surface area contributed by atoms with Gasteiger partial charge in [-0.3, -0.25) is 4.79 Å². The number of aliphatic carboxylic acids is 1. The number of hydrogen-bond acceptors (Lipinski definition) is 5. The number of nitrogens with zero attached hydrogens (tertiary/aromatic N) is 2. The third-order valence-electron chi connectivity index (χ3n) is 3.02. The summed E-state index contributed by atoms with van der Waals surface area (Å²) in [6.07, 6.45) is -0.606. The number of aliphatic hydroxyl groups is 1. The van der Waals surface area contributed by atoms with Crippen molar-refractivity contribution in [2.45, 2.75) is 12.5 Å². The van der Waals surface area contributed by atoms with E-state index in [4.69, 9.17) is 19.7 Å². The van der Waals surface area contributed by atoms with Gasteiger partial charge in [-0.1, -0.05) is 0 Å². The van der Waals surface area contributed by atoms with Crippen LogP contribution in [-0.4, -0.2) is 91.2 Å². The molecular formula is C12H22N2O6. The number of carbonyl (C=O) groups excluding carboxylic acids is 1. The zero-order valence-electron chi connectivity index (χ0n) is 11.7. The zero-order chi connectivity index (χ0) is 15.0. The molecule has 1 atom stereocenters. The summed E-state index contributed by atoms with van der Waals surface area (Å²) in [4.78, 5) is 26.0. The Labute approximate surface area is 117 Å². The lowest BCUT2D eigenvalue weighted by molar-refractivity contribution is -0.141. The van der Waals surface area contributed by atoms with Crippen molar-refractivity contribution in [1.29, 1.82) is 0 Å². The average Bonchev–Trinajstić information content (AvgIpc) is 2.42.